The lowest BCUT2D eigenvalue weighted by atomic mass is 9.96. The van der Waals surface area contributed by atoms with Gasteiger partial charge in [-0.05, 0) is 37.8 Å². The Hall–Kier alpha value is -1.93. The highest BCUT2D eigenvalue weighted by atomic mass is 32.2. The van der Waals surface area contributed by atoms with Gasteiger partial charge in [0.05, 0.1) is 12.0 Å². The molecule has 0 saturated carbocycles. The van der Waals surface area contributed by atoms with Gasteiger partial charge in [0.15, 0.2) is 0 Å². The number of ether oxygens (including phenoxy) is 1. The van der Waals surface area contributed by atoms with Gasteiger partial charge < -0.3 is 9.30 Å². The second-order valence-corrected chi connectivity index (χ2v) is 8.23. The first kappa shape index (κ1) is 17.9. The summed E-state index contributed by atoms with van der Waals surface area (Å²) in [6.45, 7) is 3.93. The molecular formula is C17H24N4O3S. The van der Waals surface area contributed by atoms with E-state index in [1.807, 2.05) is 11.5 Å². The Morgan fingerprint density at radius 3 is 2.96 bits per heavy atom. The van der Waals surface area contributed by atoms with Gasteiger partial charge in [0, 0.05) is 32.1 Å². The predicted molar refractivity (Wildman–Crippen MR) is 93.9 cm³/mol. The van der Waals surface area contributed by atoms with E-state index in [0.717, 1.165) is 31.6 Å². The summed E-state index contributed by atoms with van der Waals surface area (Å²) in [4.78, 5) is 0.282. The van der Waals surface area contributed by atoms with Crippen LogP contribution in [0.25, 0.3) is 0 Å². The molecule has 1 fully saturated rings. The van der Waals surface area contributed by atoms with E-state index in [1.165, 1.54) is 7.11 Å². The van der Waals surface area contributed by atoms with E-state index in [2.05, 4.69) is 10.2 Å². The van der Waals surface area contributed by atoms with Gasteiger partial charge in [0.1, 0.15) is 17.9 Å². The predicted octanol–water partition coefficient (Wildman–Crippen LogP) is 1.95. The van der Waals surface area contributed by atoms with Crippen LogP contribution in [0.15, 0.2) is 35.5 Å². The third kappa shape index (κ3) is 3.85. The van der Waals surface area contributed by atoms with E-state index in [-0.39, 0.29) is 10.8 Å². The standard InChI is InChI=1S/C17H24N4O3S/c1-3-20-13-18-19-17(20)10-14-6-5-9-21(12-14)25(22,23)16-8-4-7-15(11-16)24-2/h4,7-8,11,13-14H,3,5-6,9-10,12H2,1-2H3. The molecule has 1 atom stereocenters. The Bertz CT molecular complexity index is 819. The van der Waals surface area contributed by atoms with Gasteiger partial charge >= 0.3 is 0 Å². The second-order valence-electron chi connectivity index (χ2n) is 6.29. The molecule has 1 aliphatic heterocycles. The Labute approximate surface area is 148 Å². The maximum absolute atomic E-state index is 13.0. The van der Waals surface area contributed by atoms with Gasteiger partial charge in [-0.2, -0.15) is 4.31 Å². The number of nitrogens with zero attached hydrogens (tertiary/aromatic N) is 4. The molecule has 7 nitrogen and oxygen atoms in total. The van der Waals surface area contributed by atoms with E-state index in [0.29, 0.717) is 18.8 Å². The smallest absolute Gasteiger partial charge is 0.243 e. The molecule has 0 aliphatic carbocycles. The molecule has 0 spiro atoms. The lowest BCUT2D eigenvalue weighted by Gasteiger charge is -2.31. The van der Waals surface area contributed by atoms with Crippen molar-refractivity contribution in [3.63, 3.8) is 0 Å². The van der Waals surface area contributed by atoms with Crippen molar-refractivity contribution in [3.8, 4) is 5.75 Å². The average molecular weight is 364 g/mol. The van der Waals surface area contributed by atoms with Crippen molar-refractivity contribution < 1.29 is 13.2 Å². The van der Waals surface area contributed by atoms with Gasteiger partial charge in [-0.3, -0.25) is 0 Å². The number of hydrogen-bond donors (Lipinski definition) is 0. The number of rotatable bonds is 6. The van der Waals surface area contributed by atoms with Crippen molar-refractivity contribution in [2.75, 3.05) is 20.2 Å². The van der Waals surface area contributed by atoms with Gasteiger partial charge in [-0.25, -0.2) is 8.42 Å². The van der Waals surface area contributed by atoms with Gasteiger partial charge in [-0.1, -0.05) is 6.07 Å². The van der Waals surface area contributed by atoms with Crippen LogP contribution in [0.4, 0.5) is 0 Å². The van der Waals surface area contributed by atoms with Crippen molar-refractivity contribution in [2.45, 2.75) is 37.6 Å². The minimum atomic E-state index is -3.51. The molecule has 0 N–H and O–H groups in total. The molecule has 1 aromatic heterocycles. The van der Waals surface area contributed by atoms with Crippen molar-refractivity contribution in [1.29, 1.82) is 0 Å². The summed E-state index contributed by atoms with van der Waals surface area (Å²) >= 11 is 0. The van der Waals surface area contributed by atoms with Gasteiger partial charge in [0.2, 0.25) is 10.0 Å². The summed E-state index contributed by atoms with van der Waals surface area (Å²) in [6.07, 6.45) is 4.33. The lowest BCUT2D eigenvalue weighted by Crippen LogP contribution is -2.40. The van der Waals surface area contributed by atoms with E-state index in [9.17, 15) is 8.42 Å². The van der Waals surface area contributed by atoms with E-state index in [1.54, 1.807) is 34.9 Å². The minimum Gasteiger partial charge on any atom is -0.497 e. The highest BCUT2D eigenvalue weighted by Gasteiger charge is 2.31. The molecule has 2 heterocycles. The Kier molecular flexibility index (Phi) is 5.39. The molecule has 25 heavy (non-hydrogen) atoms. The lowest BCUT2D eigenvalue weighted by molar-refractivity contribution is 0.261. The highest BCUT2D eigenvalue weighted by molar-refractivity contribution is 7.89. The Morgan fingerprint density at radius 1 is 1.36 bits per heavy atom. The normalized spacial score (nSPS) is 19.0. The Balaban J connectivity index is 1.76. The number of piperidine rings is 1. The second kappa shape index (κ2) is 7.53. The van der Waals surface area contributed by atoms with Crippen LogP contribution in [-0.4, -0.2) is 47.7 Å². The Morgan fingerprint density at radius 2 is 2.20 bits per heavy atom. The van der Waals surface area contributed by atoms with Crippen LogP contribution < -0.4 is 4.74 Å². The van der Waals surface area contributed by atoms with Crippen molar-refractivity contribution >= 4 is 10.0 Å². The highest BCUT2D eigenvalue weighted by Crippen LogP contribution is 2.27. The maximum Gasteiger partial charge on any atom is 0.243 e. The topological polar surface area (TPSA) is 77.3 Å². The fraction of sp³-hybridized carbons (Fsp3) is 0.529. The first-order valence-corrected chi connectivity index (χ1v) is 9.99. The SMILES string of the molecule is CCn1cnnc1CC1CCCN(S(=O)(=O)c2cccc(OC)c2)C1. The number of aryl methyl sites for hydroxylation is 1. The third-order valence-corrected chi connectivity index (χ3v) is 6.53. The molecule has 1 aromatic carbocycles. The van der Waals surface area contributed by atoms with Gasteiger partial charge in [-0.15, -0.1) is 10.2 Å². The van der Waals surface area contributed by atoms with Crippen LogP contribution >= 0.6 is 0 Å². The van der Waals surface area contributed by atoms with Crippen LogP contribution in [0.3, 0.4) is 0 Å². The molecular weight excluding hydrogens is 340 g/mol. The quantitative estimate of drug-likeness (QED) is 0.783. The molecule has 136 valence electrons. The average Bonchev–Trinajstić information content (AvgIpc) is 3.09. The molecule has 2 aromatic rings. The van der Waals surface area contributed by atoms with Crippen LogP contribution in [0.5, 0.6) is 5.75 Å². The van der Waals surface area contributed by atoms with E-state index >= 15 is 0 Å². The molecule has 1 aliphatic rings. The van der Waals surface area contributed by atoms with Gasteiger partial charge in [0.25, 0.3) is 0 Å². The van der Waals surface area contributed by atoms with Crippen LogP contribution in [0, 0.1) is 5.92 Å². The van der Waals surface area contributed by atoms with Crippen molar-refractivity contribution in [2.24, 2.45) is 5.92 Å². The van der Waals surface area contributed by atoms with E-state index < -0.39 is 10.0 Å². The number of benzene rings is 1. The van der Waals surface area contributed by atoms with Crippen LogP contribution in [0.2, 0.25) is 0 Å². The molecule has 1 unspecified atom stereocenters. The summed E-state index contributed by atoms with van der Waals surface area (Å²) in [7, 11) is -1.98. The molecule has 0 bridgehead atoms. The first-order chi connectivity index (χ1) is 12.0. The zero-order chi connectivity index (χ0) is 17.9. The summed E-state index contributed by atoms with van der Waals surface area (Å²) < 4.78 is 34.7. The fourth-order valence-electron chi connectivity index (χ4n) is 3.28. The summed E-state index contributed by atoms with van der Waals surface area (Å²) in [5, 5.41) is 8.14. The molecule has 8 heteroatoms. The van der Waals surface area contributed by atoms with Crippen LogP contribution in [0.1, 0.15) is 25.6 Å². The molecule has 3 rings (SSSR count). The van der Waals surface area contributed by atoms with Crippen molar-refractivity contribution in [1.82, 2.24) is 19.1 Å². The molecule has 0 amide bonds. The monoisotopic (exact) mass is 364 g/mol. The number of hydrogen-bond acceptors (Lipinski definition) is 5. The number of methoxy groups -OCH3 is 1. The van der Waals surface area contributed by atoms with Crippen molar-refractivity contribution in [3.05, 3.63) is 36.4 Å². The minimum absolute atomic E-state index is 0.253. The zero-order valence-corrected chi connectivity index (χ0v) is 15.4. The summed E-state index contributed by atoms with van der Waals surface area (Å²) in [5.41, 5.74) is 0. The fourth-order valence-corrected chi connectivity index (χ4v) is 4.87. The molecule has 1 saturated heterocycles. The first-order valence-electron chi connectivity index (χ1n) is 8.55. The molecule has 0 radical (unpaired) electrons. The number of aromatic nitrogens is 3. The summed E-state index contributed by atoms with van der Waals surface area (Å²) in [5.74, 6) is 1.72. The maximum atomic E-state index is 13.0. The van der Waals surface area contributed by atoms with E-state index in [4.69, 9.17) is 4.74 Å². The largest absolute Gasteiger partial charge is 0.497 e. The third-order valence-electron chi connectivity index (χ3n) is 4.67. The zero-order valence-electron chi connectivity index (χ0n) is 14.6. The summed E-state index contributed by atoms with van der Waals surface area (Å²) in [6, 6.07) is 6.65. The number of sulfonamides is 1. The van der Waals surface area contributed by atoms with Crippen LogP contribution in [-0.2, 0) is 23.0 Å².